The first kappa shape index (κ1) is 20.7. The molecule has 2 aromatic rings. The number of carbonyl (C=O) groups excluding carboxylic acids is 2. The number of hydrogen-bond donors (Lipinski definition) is 1. The van der Waals surface area contributed by atoms with Gasteiger partial charge in [-0.25, -0.2) is 4.39 Å². The second-order valence-corrected chi connectivity index (χ2v) is 6.78. The van der Waals surface area contributed by atoms with E-state index in [0.29, 0.717) is 12.1 Å². The maximum absolute atomic E-state index is 14.7. The molecule has 1 aliphatic rings. The highest BCUT2D eigenvalue weighted by Crippen LogP contribution is 2.40. The Balaban J connectivity index is 2.11. The van der Waals surface area contributed by atoms with E-state index in [2.05, 4.69) is 9.88 Å². The van der Waals surface area contributed by atoms with E-state index in [-0.39, 0.29) is 23.4 Å². The molecule has 1 N–H and O–H groups in total. The predicted octanol–water partition coefficient (Wildman–Crippen LogP) is 2.98. The minimum Gasteiger partial charge on any atom is -0.507 e. The fourth-order valence-corrected chi connectivity index (χ4v) is 3.59. The fourth-order valence-electron chi connectivity index (χ4n) is 3.59. The third-order valence-electron chi connectivity index (χ3n) is 5.25. The van der Waals surface area contributed by atoms with Crippen LogP contribution in [-0.4, -0.2) is 57.8 Å². The van der Waals surface area contributed by atoms with Gasteiger partial charge in [0.05, 0.1) is 11.6 Å². The normalized spacial score (nSPS) is 18.6. The van der Waals surface area contributed by atoms with E-state index in [1.807, 2.05) is 13.8 Å². The van der Waals surface area contributed by atoms with Crippen molar-refractivity contribution in [2.45, 2.75) is 19.9 Å². The Labute approximate surface area is 169 Å². The minimum atomic E-state index is -0.986. The Bertz CT molecular complexity index is 926. The van der Waals surface area contributed by atoms with Crippen LogP contribution in [0.2, 0.25) is 0 Å². The monoisotopic (exact) mass is 397 g/mol. The lowest BCUT2D eigenvalue weighted by Crippen LogP contribution is -2.38. The molecule has 1 amide bonds. The minimum absolute atomic E-state index is 0.106. The van der Waals surface area contributed by atoms with Crippen LogP contribution in [-0.2, 0) is 9.59 Å². The number of likely N-dealkylation sites (N-methyl/N-ethyl adjacent to an activating group) is 1. The van der Waals surface area contributed by atoms with Gasteiger partial charge in [0.15, 0.2) is 0 Å². The van der Waals surface area contributed by atoms with Crippen LogP contribution >= 0.6 is 0 Å². The van der Waals surface area contributed by atoms with E-state index in [0.717, 1.165) is 13.1 Å². The van der Waals surface area contributed by atoms with Crippen molar-refractivity contribution in [1.29, 1.82) is 0 Å². The molecule has 1 fully saturated rings. The van der Waals surface area contributed by atoms with Crippen LogP contribution in [0.1, 0.15) is 31.0 Å². The lowest BCUT2D eigenvalue weighted by molar-refractivity contribution is -0.140. The predicted molar refractivity (Wildman–Crippen MR) is 107 cm³/mol. The van der Waals surface area contributed by atoms with Gasteiger partial charge in [-0.3, -0.25) is 14.6 Å². The molecule has 0 aliphatic carbocycles. The van der Waals surface area contributed by atoms with Gasteiger partial charge in [-0.05, 0) is 31.3 Å². The summed E-state index contributed by atoms with van der Waals surface area (Å²) in [5, 5.41) is 10.8. The van der Waals surface area contributed by atoms with Crippen molar-refractivity contribution < 1.29 is 19.1 Å². The van der Waals surface area contributed by atoms with Crippen LogP contribution in [0.5, 0.6) is 0 Å². The van der Waals surface area contributed by atoms with Gasteiger partial charge in [0.1, 0.15) is 11.6 Å². The van der Waals surface area contributed by atoms with E-state index in [9.17, 15) is 19.1 Å². The smallest absolute Gasteiger partial charge is 0.295 e. The summed E-state index contributed by atoms with van der Waals surface area (Å²) >= 11 is 0. The average molecular weight is 397 g/mol. The SMILES string of the molecule is CCN(CC)CCN1C(=O)C(=O)C(=C(O)c2ccncc2)[C@@H]1c1ccccc1F. The summed E-state index contributed by atoms with van der Waals surface area (Å²) in [6.07, 6.45) is 2.95. The second-order valence-electron chi connectivity index (χ2n) is 6.78. The van der Waals surface area contributed by atoms with Crippen LogP contribution in [0.15, 0.2) is 54.4 Å². The first-order chi connectivity index (χ1) is 14.0. The summed E-state index contributed by atoms with van der Waals surface area (Å²) < 4.78 is 14.7. The summed E-state index contributed by atoms with van der Waals surface area (Å²) in [6, 6.07) is 8.11. The van der Waals surface area contributed by atoms with Crippen molar-refractivity contribution in [1.82, 2.24) is 14.8 Å². The molecular formula is C22H24FN3O3. The van der Waals surface area contributed by atoms with Crippen LogP contribution < -0.4 is 0 Å². The van der Waals surface area contributed by atoms with Crippen LogP contribution in [0.3, 0.4) is 0 Å². The molecule has 152 valence electrons. The van der Waals surface area contributed by atoms with Gasteiger partial charge in [-0.1, -0.05) is 32.0 Å². The zero-order valence-corrected chi connectivity index (χ0v) is 16.5. The highest BCUT2D eigenvalue weighted by atomic mass is 19.1. The van der Waals surface area contributed by atoms with Gasteiger partial charge in [-0.15, -0.1) is 0 Å². The highest BCUT2D eigenvalue weighted by Gasteiger charge is 2.46. The molecule has 3 rings (SSSR count). The third-order valence-corrected chi connectivity index (χ3v) is 5.25. The molecule has 1 saturated heterocycles. The molecule has 6 nitrogen and oxygen atoms in total. The summed E-state index contributed by atoms with van der Waals surface area (Å²) in [6.45, 7) is 6.40. The van der Waals surface area contributed by atoms with Gasteiger partial charge >= 0.3 is 0 Å². The molecule has 0 bridgehead atoms. The number of amides is 1. The first-order valence-corrected chi connectivity index (χ1v) is 9.65. The third kappa shape index (κ3) is 4.05. The van der Waals surface area contributed by atoms with E-state index in [1.54, 1.807) is 12.1 Å². The molecule has 0 unspecified atom stereocenters. The molecule has 29 heavy (non-hydrogen) atoms. The lowest BCUT2D eigenvalue weighted by atomic mass is 9.95. The van der Waals surface area contributed by atoms with Gasteiger partial charge in [0.2, 0.25) is 0 Å². The Morgan fingerprint density at radius 2 is 1.79 bits per heavy atom. The van der Waals surface area contributed by atoms with E-state index in [1.165, 1.54) is 41.6 Å². The Morgan fingerprint density at radius 3 is 2.41 bits per heavy atom. The summed E-state index contributed by atoms with van der Waals surface area (Å²) in [7, 11) is 0. The molecule has 2 heterocycles. The number of aromatic nitrogens is 1. The maximum Gasteiger partial charge on any atom is 0.295 e. The molecule has 1 atom stereocenters. The molecule has 0 saturated carbocycles. The molecule has 0 spiro atoms. The number of halogens is 1. The van der Waals surface area contributed by atoms with Gasteiger partial charge < -0.3 is 14.9 Å². The zero-order chi connectivity index (χ0) is 21.0. The number of rotatable bonds is 7. The molecule has 0 radical (unpaired) electrons. The van der Waals surface area contributed by atoms with Crippen molar-refractivity contribution in [3.63, 3.8) is 0 Å². The first-order valence-electron chi connectivity index (χ1n) is 9.65. The number of aliphatic hydroxyl groups is 1. The molecule has 1 aromatic carbocycles. The molecule has 1 aromatic heterocycles. The quantitative estimate of drug-likeness (QED) is 0.442. The largest absolute Gasteiger partial charge is 0.507 e. The van der Waals surface area contributed by atoms with E-state index >= 15 is 0 Å². The Kier molecular flexibility index (Phi) is 6.39. The number of carbonyl (C=O) groups is 2. The Morgan fingerprint density at radius 1 is 1.14 bits per heavy atom. The molecular weight excluding hydrogens is 373 g/mol. The number of ketones is 1. The van der Waals surface area contributed by atoms with E-state index in [4.69, 9.17) is 0 Å². The van der Waals surface area contributed by atoms with Gasteiger partial charge in [0, 0.05) is 36.6 Å². The number of pyridine rings is 1. The standard InChI is InChI=1S/C22H24FN3O3/c1-3-25(4-2)13-14-26-19(16-7-5-6-8-17(16)23)18(21(28)22(26)29)20(27)15-9-11-24-12-10-15/h5-12,19,27H,3-4,13-14H2,1-2H3/t19-/m0/s1. The lowest BCUT2D eigenvalue weighted by Gasteiger charge is -2.28. The summed E-state index contributed by atoms with van der Waals surface area (Å²) in [5.74, 6) is -2.41. The zero-order valence-electron chi connectivity index (χ0n) is 16.5. The Hall–Kier alpha value is -3.06. The number of Topliss-reactive ketones (excluding diaryl/α,β-unsaturated/α-hetero) is 1. The average Bonchev–Trinajstić information content (AvgIpc) is 2.99. The summed E-state index contributed by atoms with van der Waals surface area (Å²) in [5.41, 5.74) is 0.427. The van der Waals surface area contributed by atoms with Crippen LogP contribution in [0.25, 0.3) is 5.76 Å². The van der Waals surface area contributed by atoms with Crippen molar-refractivity contribution in [2.75, 3.05) is 26.2 Å². The molecule has 1 aliphatic heterocycles. The molecule has 7 heteroatoms. The van der Waals surface area contributed by atoms with Crippen molar-refractivity contribution >= 4 is 17.4 Å². The number of nitrogens with zero attached hydrogens (tertiary/aromatic N) is 3. The number of benzene rings is 1. The number of hydrogen-bond acceptors (Lipinski definition) is 5. The van der Waals surface area contributed by atoms with Crippen molar-refractivity contribution in [2.24, 2.45) is 0 Å². The topological polar surface area (TPSA) is 73.7 Å². The number of likely N-dealkylation sites (tertiary alicyclic amines) is 1. The van der Waals surface area contributed by atoms with Gasteiger partial charge in [0.25, 0.3) is 11.7 Å². The van der Waals surface area contributed by atoms with Crippen LogP contribution in [0, 0.1) is 5.82 Å². The number of aliphatic hydroxyl groups excluding tert-OH is 1. The van der Waals surface area contributed by atoms with Gasteiger partial charge in [-0.2, -0.15) is 0 Å². The van der Waals surface area contributed by atoms with E-state index < -0.39 is 23.5 Å². The fraction of sp³-hybridized carbons (Fsp3) is 0.318. The maximum atomic E-state index is 14.7. The van der Waals surface area contributed by atoms with Crippen molar-refractivity contribution in [3.8, 4) is 0 Å². The highest BCUT2D eigenvalue weighted by molar-refractivity contribution is 6.46. The summed E-state index contributed by atoms with van der Waals surface area (Å²) in [4.78, 5) is 33.0. The van der Waals surface area contributed by atoms with Crippen molar-refractivity contribution in [3.05, 3.63) is 71.3 Å². The van der Waals surface area contributed by atoms with Crippen LogP contribution in [0.4, 0.5) is 4.39 Å². The second kappa shape index (κ2) is 8.96.